The summed E-state index contributed by atoms with van der Waals surface area (Å²) in [7, 11) is 0. The molecule has 2 aromatic rings. The van der Waals surface area contributed by atoms with Crippen LogP contribution >= 0.6 is 0 Å². The van der Waals surface area contributed by atoms with Gasteiger partial charge < -0.3 is 20.3 Å². The molecule has 1 aromatic carbocycles. The van der Waals surface area contributed by atoms with Gasteiger partial charge in [-0.3, -0.25) is 4.79 Å². The number of benzene rings is 1. The minimum Gasteiger partial charge on any atom is -0.382 e. The zero-order valence-corrected chi connectivity index (χ0v) is 15.9. The van der Waals surface area contributed by atoms with Crippen molar-refractivity contribution in [1.29, 1.82) is 0 Å². The van der Waals surface area contributed by atoms with Crippen molar-refractivity contribution in [2.45, 2.75) is 19.4 Å². The first-order chi connectivity index (χ1) is 13.3. The van der Waals surface area contributed by atoms with Crippen LogP contribution in [0, 0.1) is 0 Å². The van der Waals surface area contributed by atoms with Crippen molar-refractivity contribution in [2.24, 2.45) is 0 Å². The molecular formula is C21H28N4O2. The number of hydrogen-bond donors (Lipinski definition) is 2. The van der Waals surface area contributed by atoms with E-state index < -0.39 is 0 Å². The first kappa shape index (κ1) is 19.3. The molecule has 27 heavy (non-hydrogen) atoms. The first-order valence-corrected chi connectivity index (χ1v) is 9.63. The number of ether oxygens (including phenoxy) is 1. The van der Waals surface area contributed by atoms with Gasteiger partial charge in [0.2, 0.25) is 0 Å². The van der Waals surface area contributed by atoms with Crippen LogP contribution in [0.2, 0.25) is 0 Å². The molecule has 0 radical (unpaired) electrons. The van der Waals surface area contributed by atoms with E-state index in [2.05, 4.69) is 44.8 Å². The third-order valence-corrected chi connectivity index (χ3v) is 4.66. The number of rotatable bonds is 8. The predicted molar refractivity (Wildman–Crippen MR) is 107 cm³/mol. The van der Waals surface area contributed by atoms with Crippen LogP contribution in [0.4, 0.5) is 5.82 Å². The Balaban J connectivity index is 1.60. The lowest BCUT2D eigenvalue weighted by atomic mass is 10.0. The summed E-state index contributed by atoms with van der Waals surface area (Å²) in [5, 5.41) is 6.50. The second-order valence-electron chi connectivity index (χ2n) is 6.57. The molecule has 0 bridgehead atoms. The van der Waals surface area contributed by atoms with E-state index >= 15 is 0 Å². The van der Waals surface area contributed by atoms with E-state index in [0.717, 1.165) is 31.9 Å². The highest BCUT2D eigenvalue weighted by Gasteiger charge is 2.22. The summed E-state index contributed by atoms with van der Waals surface area (Å²) >= 11 is 0. The smallest absolute Gasteiger partial charge is 0.251 e. The third-order valence-electron chi connectivity index (χ3n) is 4.66. The number of hydrogen-bond acceptors (Lipinski definition) is 5. The van der Waals surface area contributed by atoms with Gasteiger partial charge in [-0.25, -0.2) is 4.98 Å². The molecule has 6 nitrogen and oxygen atoms in total. The fourth-order valence-corrected chi connectivity index (χ4v) is 3.22. The number of amides is 1. The maximum atomic E-state index is 12.4. The molecule has 0 aliphatic carbocycles. The Morgan fingerprint density at radius 1 is 1.33 bits per heavy atom. The van der Waals surface area contributed by atoms with Gasteiger partial charge in [-0.05, 0) is 31.0 Å². The number of piperazine rings is 1. The second-order valence-corrected chi connectivity index (χ2v) is 6.57. The molecule has 2 heterocycles. The topological polar surface area (TPSA) is 66.5 Å². The van der Waals surface area contributed by atoms with Crippen molar-refractivity contribution in [3.63, 3.8) is 0 Å². The number of nitrogens with zero attached hydrogens (tertiary/aromatic N) is 2. The van der Waals surface area contributed by atoms with Crippen molar-refractivity contribution in [3.8, 4) is 0 Å². The van der Waals surface area contributed by atoms with Crippen LogP contribution < -0.4 is 15.5 Å². The van der Waals surface area contributed by atoms with Crippen LogP contribution in [0.15, 0.2) is 48.7 Å². The van der Waals surface area contributed by atoms with Gasteiger partial charge in [0.1, 0.15) is 5.82 Å². The quantitative estimate of drug-likeness (QED) is 0.701. The average molecular weight is 368 g/mol. The summed E-state index contributed by atoms with van der Waals surface area (Å²) < 4.78 is 5.29. The molecule has 0 saturated carbocycles. The predicted octanol–water partition coefficient (Wildman–Crippen LogP) is 2.39. The summed E-state index contributed by atoms with van der Waals surface area (Å²) in [5.41, 5.74) is 1.91. The fourth-order valence-electron chi connectivity index (χ4n) is 3.22. The fraction of sp³-hybridized carbons (Fsp3) is 0.429. The Morgan fingerprint density at radius 3 is 3.00 bits per heavy atom. The Morgan fingerprint density at radius 2 is 2.19 bits per heavy atom. The van der Waals surface area contributed by atoms with E-state index in [1.807, 2.05) is 19.1 Å². The highest BCUT2D eigenvalue weighted by atomic mass is 16.5. The van der Waals surface area contributed by atoms with Gasteiger partial charge in [-0.2, -0.15) is 0 Å². The average Bonchev–Trinajstić information content (AvgIpc) is 2.74. The van der Waals surface area contributed by atoms with E-state index in [1.165, 1.54) is 5.56 Å². The normalized spacial score (nSPS) is 16.9. The van der Waals surface area contributed by atoms with Crippen molar-refractivity contribution >= 4 is 11.7 Å². The number of carbonyl (C=O) groups is 1. The summed E-state index contributed by atoms with van der Waals surface area (Å²) in [6, 6.07) is 14.3. The minimum absolute atomic E-state index is 0.0649. The molecule has 0 spiro atoms. The van der Waals surface area contributed by atoms with Crippen molar-refractivity contribution in [1.82, 2.24) is 15.6 Å². The number of nitrogens with one attached hydrogen (secondary N) is 2. The number of pyridine rings is 1. The monoisotopic (exact) mass is 368 g/mol. The summed E-state index contributed by atoms with van der Waals surface area (Å²) in [4.78, 5) is 19.1. The molecule has 1 aromatic heterocycles. The third kappa shape index (κ3) is 5.52. The molecule has 144 valence electrons. The van der Waals surface area contributed by atoms with E-state index in [1.54, 1.807) is 12.3 Å². The van der Waals surface area contributed by atoms with Crippen LogP contribution in [0.3, 0.4) is 0 Å². The lowest BCUT2D eigenvalue weighted by molar-refractivity contribution is 0.0944. The van der Waals surface area contributed by atoms with Gasteiger partial charge in [0, 0.05) is 57.2 Å². The largest absolute Gasteiger partial charge is 0.382 e. The molecule has 1 unspecified atom stereocenters. The number of anilines is 1. The molecule has 2 N–H and O–H groups in total. The molecule has 6 heteroatoms. The number of aromatic nitrogens is 1. The van der Waals surface area contributed by atoms with Crippen molar-refractivity contribution in [2.75, 3.05) is 44.3 Å². The van der Waals surface area contributed by atoms with E-state index in [9.17, 15) is 4.79 Å². The van der Waals surface area contributed by atoms with Crippen LogP contribution in [-0.4, -0.2) is 50.3 Å². The maximum Gasteiger partial charge on any atom is 0.251 e. The minimum atomic E-state index is -0.0649. The Hall–Kier alpha value is -2.44. The molecule has 1 atom stereocenters. The molecule has 3 rings (SSSR count). The van der Waals surface area contributed by atoms with Crippen LogP contribution in [0.1, 0.15) is 35.3 Å². The Labute approximate surface area is 160 Å². The first-order valence-electron chi connectivity index (χ1n) is 9.63. The highest BCUT2D eigenvalue weighted by molar-refractivity contribution is 5.94. The summed E-state index contributed by atoms with van der Waals surface area (Å²) in [5.74, 6) is 0.782. The maximum absolute atomic E-state index is 12.4. The second kappa shape index (κ2) is 10.0. The van der Waals surface area contributed by atoms with Gasteiger partial charge in [-0.15, -0.1) is 0 Å². The van der Waals surface area contributed by atoms with Crippen molar-refractivity contribution in [3.05, 3.63) is 59.8 Å². The Kier molecular flexibility index (Phi) is 7.19. The zero-order chi connectivity index (χ0) is 18.9. The van der Waals surface area contributed by atoms with Gasteiger partial charge in [-0.1, -0.05) is 30.3 Å². The van der Waals surface area contributed by atoms with Gasteiger partial charge in [0.15, 0.2) is 0 Å². The van der Waals surface area contributed by atoms with Crippen LogP contribution in [0.5, 0.6) is 0 Å². The SMILES string of the molecule is CCOCCCNC(=O)c1ccnc(N2CCNC(c3ccccc3)C2)c1. The van der Waals surface area contributed by atoms with Gasteiger partial charge in [0.25, 0.3) is 5.91 Å². The molecule has 1 aliphatic heterocycles. The standard InChI is InChI=1S/C21H28N4O2/c1-2-27-14-6-10-24-21(26)18-9-11-23-20(15-18)25-13-12-22-19(16-25)17-7-4-3-5-8-17/h3-5,7-9,11,15,19,22H,2,6,10,12-14,16H2,1H3,(H,24,26). The molecule has 1 fully saturated rings. The van der Waals surface area contributed by atoms with Crippen LogP contribution in [0.25, 0.3) is 0 Å². The van der Waals surface area contributed by atoms with Gasteiger partial charge >= 0.3 is 0 Å². The van der Waals surface area contributed by atoms with E-state index in [4.69, 9.17) is 4.74 Å². The van der Waals surface area contributed by atoms with Gasteiger partial charge in [0.05, 0.1) is 0 Å². The van der Waals surface area contributed by atoms with E-state index in [-0.39, 0.29) is 11.9 Å². The summed E-state index contributed by atoms with van der Waals surface area (Å²) in [6.07, 6.45) is 2.53. The number of carbonyl (C=O) groups excluding carboxylic acids is 1. The molecule has 1 amide bonds. The molecule has 1 aliphatic rings. The van der Waals surface area contributed by atoms with Crippen LogP contribution in [-0.2, 0) is 4.74 Å². The zero-order valence-electron chi connectivity index (χ0n) is 15.9. The summed E-state index contributed by atoms with van der Waals surface area (Å²) in [6.45, 7) is 6.54. The molecule has 1 saturated heterocycles. The lowest BCUT2D eigenvalue weighted by Crippen LogP contribution is -2.46. The Bertz CT molecular complexity index is 723. The lowest BCUT2D eigenvalue weighted by Gasteiger charge is -2.34. The molecular weight excluding hydrogens is 340 g/mol. The van der Waals surface area contributed by atoms with E-state index in [0.29, 0.717) is 25.3 Å². The van der Waals surface area contributed by atoms with Crippen molar-refractivity contribution < 1.29 is 9.53 Å². The highest BCUT2D eigenvalue weighted by Crippen LogP contribution is 2.21.